The molecule has 0 amide bonds. The van der Waals surface area contributed by atoms with E-state index in [0.717, 1.165) is 49.2 Å². The van der Waals surface area contributed by atoms with E-state index in [2.05, 4.69) is 25.3 Å². The van der Waals surface area contributed by atoms with Crippen molar-refractivity contribution in [2.24, 2.45) is 0 Å². The number of hydrogen-bond acceptors (Lipinski definition) is 12. The third-order valence-electron chi connectivity index (χ3n) is 9.48. The zero-order valence-electron chi connectivity index (χ0n) is 33.9. The number of rotatable bonds is 16. The quantitative estimate of drug-likeness (QED) is 0.0824. The normalized spacial score (nSPS) is 16.8. The van der Waals surface area contributed by atoms with Gasteiger partial charge >= 0.3 is 5.97 Å². The molecule has 324 valence electrons. The number of carbonyl (C=O) groups is 5. The van der Waals surface area contributed by atoms with Gasteiger partial charge in [-0.3, -0.25) is 13.9 Å². The lowest BCUT2D eigenvalue weighted by Gasteiger charge is -2.30. The van der Waals surface area contributed by atoms with Gasteiger partial charge in [0, 0.05) is 61.0 Å². The van der Waals surface area contributed by atoms with Gasteiger partial charge in [-0.15, -0.1) is 0 Å². The van der Waals surface area contributed by atoms with Gasteiger partial charge < -0.3 is 39.4 Å². The molecule has 4 rings (SSSR count). The number of phenols is 1. The largest absolute Gasteiger partial charge is 0.508 e. The maximum absolute atomic E-state index is 12.2. The molecule has 0 radical (unpaired) electrons. The predicted molar refractivity (Wildman–Crippen MR) is 222 cm³/mol. The standard InChI is InChI=1S/C35H46N2O9S2.CH4O.4CH2O/c1-5-6-20-36-29-17-15-25(38)23-27(29)34(2,3)31(36)12-10-13-32-35(4,19-9-7-8-14-33(39)40)28-24-26(48(44,45)46)16-18-30(28)37(32)21-11-22-47(41,42)43;5*1-2/h10,12-13,15-18,23-24H,5-9,11,14,19-22H2,1-4H3,(H3-,38,39,40,41,42,43,44,45,46);2H,1H3;4*1H2/p+1. The third-order valence-corrected chi connectivity index (χ3v) is 11.1. The second-order valence-electron chi connectivity index (χ2n) is 13.4. The molecular weight excluding hydrogens is 797 g/mol. The second kappa shape index (κ2) is 26.2. The van der Waals surface area contributed by atoms with Crippen LogP contribution in [0.1, 0.15) is 90.2 Å². The fraction of sp³-hybridized carbons (Fsp3) is 0.450. The molecule has 2 aromatic carbocycles. The fourth-order valence-electron chi connectivity index (χ4n) is 6.98. The van der Waals surface area contributed by atoms with Crippen molar-refractivity contribution in [2.45, 2.75) is 94.8 Å². The lowest BCUT2D eigenvalue weighted by molar-refractivity contribution is -0.438. The number of benzene rings is 2. The van der Waals surface area contributed by atoms with E-state index in [4.69, 9.17) is 29.4 Å². The van der Waals surface area contributed by atoms with Crippen molar-refractivity contribution in [1.29, 1.82) is 0 Å². The highest BCUT2D eigenvalue weighted by Gasteiger charge is 2.45. The Labute approximate surface area is 342 Å². The highest BCUT2D eigenvalue weighted by Crippen LogP contribution is 2.51. The van der Waals surface area contributed by atoms with E-state index in [1.807, 2.05) is 63.3 Å². The Kier molecular flexibility index (Phi) is 24.9. The molecule has 2 aliphatic heterocycles. The van der Waals surface area contributed by atoms with Crippen molar-refractivity contribution in [2.75, 3.05) is 30.9 Å². The maximum Gasteiger partial charge on any atom is 0.303 e. The minimum absolute atomic E-state index is 0.0382. The average Bonchev–Trinajstić information content (AvgIpc) is 3.55. The molecule has 2 heterocycles. The first-order valence-electron chi connectivity index (χ1n) is 17.9. The lowest BCUT2D eigenvalue weighted by Crippen LogP contribution is -2.30. The summed E-state index contributed by atoms with van der Waals surface area (Å²) in [7, 11) is -7.75. The Bertz CT molecular complexity index is 1940. The van der Waals surface area contributed by atoms with Crippen molar-refractivity contribution >= 4 is 70.4 Å². The summed E-state index contributed by atoms with van der Waals surface area (Å²) in [6.07, 6.45) is 10.3. The van der Waals surface area contributed by atoms with Crippen LogP contribution in [0.15, 0.2) is 65.2 Å². The highest BCUT2D eigenvalue weighted by atomic mass is 32.2. The van der Waals surface area contributed by atoms with Gasteiger partial charge in [0.25, 0.3) is 20.2 Å². The summed E-state index contributed by atoms with van der Waals surface area (Å²) >= 11 is 0. The van der Waals surface area contributed by atoms with Gasteiger partial charge in [-0.1, -0.05) is 32.3 Å². The highest BCUT2D eigenvalue weighted by molar-refractivity contribution is 7.86. The fourth-order valence-corrected chi connectivity index (χ4v) is 7.98. The molecule has 18 heteroatoms. The van der Waals surface area contributed by atoms with Crippen molar-refractivity contribution < 1.29 is 69.8 Å². The van der Waals surface area contributed by atoms with Crippen LogP contribution in [0.2, 0.25) is 0 Å². The van der Waals surface area contributed by atoms with E-state index in [0.29, 0.717) is 36.9 Å². The Morgan fingerprint density at radius 1 is 0.828 bits per heavy atom. The van der Waals surface area contributed by atoms with E-state index < -0.39 is 42.8 Å². The zero-order valence-corrected chi connectivity index (χ0v) is 35.6. The van der Waals surface area contributed by atoms with Gasteiger partial charge in [0.15, 0.2) is 5.71 Å². The van der Waals surface area contributed by atoms with Crippen molar-refractivity contribution in [3.8, 4) is 5.75 Å². The Balaban J connectivity index is 0. The monoisotopic (exact) mass is 855 g/mol. The molecule has 0 aromatic heterocycles. The summed E-state index contributed by atoms with van der Waals surface area (Å²) in [6, 6.07) is 9.78. The molecule has 0 spiro atoms. The molecule has 2 aromatic rings. The van der Waals surface area contributed by atoms with Crippen LogP contribution in [0.5, 0.6) is 5.75 Å². The minimum Gasteiger partial charge on any atom is -0.508 e. The summed E-state index contributed by atoms with van der Waals surface area (Å²) in [5.74, 6) is -1.14. The van der Waals surface area contributed by atoms with Gasteiger partial charge in [0.2, 0.25) is 5.69 Å². The number of nitrogens with zero attached hydrogens (tertiary/aromatic N) is 2. The number of anilines is 1. The number of fused-ring (bicyclic) bond motifs is 2. The summed E-state index contributed by atoms with van der Waals surface area (Å²) in [6.45, 7) is 17.3. The number of aliphatic hydroxyl groups is 1. The van der Waals surface area contributed by atoms with Crippen molar-refractivity contribution in [1.82, 2.24) is 0 Å². The summed E-state index contributed by atoms with van der Waals surface area (Å²) < 4.78 is 69.2. The number of carboxylic acid groups (broad SMARTS) is 1. The SMILES string of the molecule is C=O.C=O.C=O.C=O.CCCC[N+]1=C(/C=C/C=C2/N(CCCS(=O)(=O)O)c3ccc(S(=O)(=O)O)cc3C2(C)CCCCCC(=O)O)C(C)(C)c2cc(O)ccc21.CO. The second-order valence-corrected chi connectivity index (χ2v) is 16.4. The first kappa shape index (κ1) is 55.2. The molecule has 0 fully saturated rings. The summed E-state index contributed by atoms with van der Waals surface area (Å²) in [5, 5.41) is 26.4. The molecule has 1 atom stereocenters. The molecule has 16 nitrogen and oxygen atoms in total. The molecule has 0 bridgehead atoms. The number of aliphatic carboxylic acids is 1. The van der Waals surface area contributed by atoms with Gasteiger partial charge in [-0.05, 0) is 82.0 Å². The number of aromatic hydroxyl groups is 1. The number of aliphatic hydroxyl groups excluding tert-OH is 1. The Hall–Kier alpha value is -4.88. The molecule has 0 aliphatic carbocycles. The molecule has 2 aliphatic rings. The van der Waals surface area contributed by atoms with Crippen LogP contribution in [0.4, 0.5) is 11.4 Å². The van der Waals surface area contributed by atoms with Gasteiger partial charge in [-0.2, -0.15) is 21.4 Å². The number of allylic oxidation sites excluding steroid dienone is 4. The molecule has 0 saturated carbocycles. The van der Waals surface area contributed by atoms with Crippen LogP contribution in [-0.2, 0) is 55.0 Å². The number of carboxylic acids is 1. The van der Waals surface area contributed by atoms with Crippen molar-refractivity contribution in [3.05, 3.63) is 71.5 Å². The minimum atomic E-state index is -4.52. The third kappa shape index (κ3) is 14.8. The van der Waals surface area contributed by atoms with E-state index in [9.17, 15) is 35.8 Å². The van der Waals surface area contributed by atoms with Crippen LogP contribution in [-0.4, -0.2) is 111 Å². The van der Waals surface area contributed by atoms with Gasteiger partial charge in [-0.25, -0.2) is 0 Å². The van der Waals surface area contributed by atoms with Crippen LogP contribution in [0.25, 0.3) is 0 Å². The zero-order chi connectivity index (χ0) is 45.5. The summed E-state index contributed by atoms with van der Waals surface area (Å²) in [5.41, 5.74) is 3.94. The maximum atomic E-state index is 12.2. The molecule has 58 heavy (non-hydrogen) atoms. The number of hydrogen-bond donors (Lipinski definition) is 5. The van der Waals surface area contributed by atoms with Crippen molar-refractivity contribution in [3.63, 3.8) is 0 Å². The molecule has 0 saturated heterocycles. The van der Waals surface area contributed by atoms with Gasteiger partial charge in [0.1, 0.15) is 39.5 Å². The first-order chi connectivity index (χ1) is 27.4. The first-order valence-corrected chi connectivity index (χ1v) is 21.0. The van der Waals surface area contributed by atoms with Crippen LogP contribution < -0.4 is 4.90 Å². The number of unbranched alkanes of at least 4 members (excludes halogenated alkanes) is 3. The van der Waals surface area contributed by atoms with Gasteiger partial charge in [0.05, 0.1) is 16.1 Å². The van der Waals surface area contributed by atoms with E-state index >= 15 is 0 Å². The van der Waals surface area contributed by atoms with E-state index in [-0.39, 0.29) is 30.0 Å². The number of phenolic OH excluding ortho intramolecular Hbond substituents is 1. The van der Waals surface area contributed by atoms with Crippen LogP contribution >= 0.6 is 0 Å². The number of carbonyl (C=O) groups excluding carboxylic acids is 4. The molecular formula is C40H59N2O14S2+. The Morgan fingerprint density at radius 3 is 1.97 bits per heavy atom. The molecule has 5 N–H and O–H groups in total. The smallest absolute Gasteiger partial charge is 0.303 e. The van der Waals surface area contributed by atoms with E-state index in [1.165, 1.54) is 12.1 Å². The topological polar surface area (TPSA) is 261 Å². The van der Waals surface area contributed by atoms with E-state index in [1.54, 1.807) is 18.2 Å². The van der Waals surface area contributed by atoms with Crippen LogP contribution in [0, 0.1) is 0 Å². The lowest BCUT2D eigenvalue weighted by atomic mass is 9.77. The predicted octanol–water partition coefficient (Wildman–Crippen LogP) is 5.22. The van der Waals surface area contributed by atoms with Crippen LogP contribution in [0.3, 0.4) is 0 Å². The molecule has 1 unspecified atom stereocenters. The average molecular weight is 856 g/mol. The summed E-state index contributed by atoms with van der Waals surface area (Å²) in [4.78, 5) is 44.8. The Morgan fingerprint density at radius 2 is 1.43 bits per heavy atom.